The zero-order valence-electron chi connectivity index (χ0n) is 10.9. The molecule has 0 aliphatic heterocycles. The van der Waals surface area contributed by atoms with Gasteiger partial charge in [0.05, 0.1) is 0 Å². The van der Waals surface area contributed by atoms with E-state index in [2.05, 4.69) is 24.1 Å². The average Bonchev–Trinajstić information content (AvgIpc) is 2.66. The van der Waals surface area contributed by atoms with Crippen LogP contribution in [0, 0.1) is 5.82 Å². The smallest absolute Gasteiger partial charge is 0.123 e. The molecule has 1 atom stereocenters. The second-order valence-electron chi connectivity index (χ2n) is 5.53. The van der Waals surface area contributed by atoms with Crippen molar-refractivity contribution in [2.75, 3.05) is 0 Å². The number of H-pyrrole nitrogens is 1. The fourth-order valence-corrected chi connectivity index (χ4v) is 3.00. The zero-order chi connectivity index (χ0) is 12.7. The number of hydrogen-bond donors (Lipinski definition) is 2. The van der Waals surface area contributed by atoms with Gasteiger partial charge in [0.2, 0.25) is 0 Å². The van der Waals surface area contributed by atoms with E-state index in [4.69, 9.17) is 0 Å². The zero-order valence-corrected chi connectivity index (χ0v) is 10.9. The lowest BCUT2D eigenvalue weighted by Crippen LogP contribution is -2.38. The van der Waals surface area contributed by atoms with Gasteiger partial charge in [-0.15, -0.1) is 0 Å². The summed E-state index contributed by atoms with van der Waals surface area (Å²) in [6, 6.07) is 6.03. The van der Waals surface area contributed by atoms with Crippen LogP contribution in [0.15, 0.2) is 18.2 Å². The standard InChI is InChI=1S/C15H19FN2/c1-9(2)17-11-4-6-15-13(8-11)12-7-10(16)3-5-14(12)18-15/h3,5,7,9,11,17-18H,4,6,8H2,1-2H3. The average molecular weight is 246 g/mol. The van der Waals surface area contributed by atoms with Crippen molar-refractivity contribution in [3.8, 4) is 0 Å². The van der Waals surface area contributed by atoms with E-state index >= 15 is 0 Å². The van der Waals surface area contributed by atoms with Gasteiger partial charge in [0, 0.05) is 28.7 Å². The fraction of sp³-hybridized carbons (Fsp3) is 0.467. The van der Waals surface area contributed by atoms with Crippen molar-refractivity contribution in [3.05, 3.63) is 35.3 Å². The molecule has 0 amide bonds. The minimum atomic E-state index is -0.150. The Morgan fingerprint density at radius 3 is 3.00 bits per heavy atom. The topological polar surface area (TPSA) is 27.8 Å². The van der Waals surface area contributed by atoms with E-state index < -0.39 is 0 Å². The highest BCUT2D eigenvalue weighted by atomic mass is 19.1. The number of rotatable bonds is 2. The van der Waals surface area contributed by atoms with Crippen LogP contribution in [0.5, 0.6) is 0 Å². The predicted octanol–water partition coefficient (Wildman–Crippen LogP) is 3.16. The van der Waals surface area contributed by atoms with Crippen molar-refractivity contribution < 1.29 is 4.39 Å². The van der Waals surface area contributed by atoms with Crippen LogP contribution in [-0.4, -0.2) is 17.1 Å². The number of fused-ring (bicyclic) bond motifs is 3. The van der Waals surface area contributed by atoms with Gasteiger partial charge in [-0.3, -0.25) is 0 Å². The summed E-state index contributed by atoms with van der Waals surface area (Å²) in [5.74, 6) is -0.150. The summed E-state index contributed by atoms with van der Waals surface area (Å²) >= 11 is 0. The van der Waals surface area contributed by atoms with E-state index in [1.54, 1.807) is 6.07 Å². The summed E-state index contributed by atoms with van der Waals surface area (Å²) in [4.78, 5) is 3.42. The van der Waals surface area contributed by atoms with Gasteiger partial charge in [0.25, 0.3) is 0 Å². The molecule has 0 saturated heterocycles. The number of aromatic nitrogens is 1. The van der Waals surface area contributed by atoms with Crippen molar-refractivity contribution in [2.24, 2.45) is 0 Å². The fourth-order valence-electron chi connectivity index (χ4n) is 3.00. The van der Waals surface area contributed by atoms with Gasteiger partial charge in [-0.25, -0.2) is 4.39 Å². The van der Waals surface area contributed by atoms with Crippen LogP contribution in [-0.2, 0) is 12.8 Å². The Balaban J connectivity index is 1.98. The van der Waals surface area contributed by atoms with Crippen LogP contribution in [0.1, 0.15) is 31.5 Å². The molecule has 0 fully saturated rings. The van der Waals surface area contributed by atoms with Crippen LogP contribution < -0.4 is 5.32 Å². The van der Waals surface area contributed by atoms with Gasteiger partial charge < -0.3 is 10.3 Å². The molecule has 2 nitrogen and oxygen atoms in total. The highest BCUT2D eigenvalue weighted by Gasteiger charge is 2.22. The van der Waals surface area contributed by atoms with Gasteiger partial charge in [-0.2, -0.15) is 0 Å². The predicted molar refractivity (Wildman–Crippen MR) is 72.3 cm³/mol. The van der Waals surface area contributed by atoms with E-state index in [1.165, 1.54) is 17.3 Å². The Kier molecular flexibility index (Phi) is 2.86. The lowest BCUT2D eigenvalue weighted by atomic mass is 9.91. The van der Waals surface area contributed by atoms with Crippen molar-refractivity contribution in [3.63, 3.8) is 0 Å². The van der Waals surface area contributed by atoms with Crippen LogP contribution in [0.4, 0.5) is 4.39 Å². The number of nitrogens with one attached hydrogen (secondary N) is 2. The molecule has 0 radical (unpaired) electrons. The summed E-state index contributed by atoms with van der Waals surface area (Å²) in [5, 5.41) is 4.64. The highest BCUT2D eigenvalue weighted by Crippen LogP contribution is 2.29. The quantitative estimate of drug-likeness (QED) is 0.837. The van der Waals surface area contributed by atoms with E-state index in [-0.39, 0.29) is 5.82 Å². The molecule has 2 N–H and O–H groups in total. The highest BCUT2D eigenvalue weighted by molar-refractivity contribution is 5.85. The van der Waals surface area contributed by atoms with E-state index in [0.29, 0.717) is 12.1 Å². The molecule has 0 bridgehead atoms. The molecule has 1 heterocycles. The summed E-state index contributed by atoms with van der Waals surface area (Å²) in [7, 11) is 0. The molecule has 0 saturated carbocycles. The summed E-state index contributed by atoms with van der Waals surface area (Å²) in [6.07, 6.45) is 3.20. The number of aryl methyl sites for hydroxylation is 1. The second-order valence-corrected chi connectivity index (χ2v) is 5.53. The number of aromatic amines is 1. The first kappa shape index (κ1) is 11.7. The molecule has 2 aromatic rings. The molecule has 96 valence electrons. The first-order chi connectivity index (χ1) is 8.63. The maximum absolute atomic E-state index is 13.4. The summed E-state index contributed by atoms with van der Waals surface area (Å²) in [5.41, 5.74) is 3.65. The Bertz CT molecular complexity index is 571. The van der Waals surface area contributed by atoms with E-state index in [9.17, 15) is 4.39 Å². The molecule has 1 aromatic heterocycles. The van der Waals surface area contributed by atoms with Crippen molar-refractivity contribution in [2.45, 2.75) is 45.2 Å². The van der Waals surface area contributed by atoms with Crippen molar-refractivity contribution >= 4 is 10.9 Å². The summed E-state index contributed by atoms with van der Waals surface area (Å²) < 4.78 is 13.4. The lowest BCUT2D eigenvalue weighted by Gasteiger charge is -2.25. The van der Waals surface area contributed by atoms with E-state index in [0.717, 1.165) is 30.2 Å². The first-order valence-electron chi connectivity index (χ1n) is 6.68. The van der Waals surface area contributed by atoms with Crippen LogP contribution in [0.25, 0.3) is 10.9 Å². The minimum absolute atomic E-state index is 0.150. The van der Waals surface area contributed by atoms with Crippen LogP contribution >= 0.6 is 0 Å². The molecule has 0 spiro atoms. The molecule has 1 aliphatic carbocycles. The molecule has 18 heavy (non-hydrogen) atoms. The normalized spacial score (nSPS) is 19.4. The monoisotopic (exact) mass is 246 g/mol. The first-order valence-corrected chi connectivity index (χ1v) is 6.68. The molecular formula is C15H19FN2. The Morgan fingerprint density at radius 2 is 2.22 bits per heavy atom. The van der Waals surface area contributed by atoms with Gasteiger partial charge in [-0.05, 0) is 43.0 Å². The Morgan fingerprint density at radius 1 is 1.39 bits per heavy atom. The third kappa shape index (κ3) is 2.03. The van der Waals surface area contributed by atoms with Crippen LogP contribution in [0.3, 0.4) is 0 Å². The Hall–Kier alpha value is -1.35. The number of hydrogen-bond acceptors (Lipinski definition) is 1. The number of halogens is 1. The minimum Gasteiger partial charge on any atom is -0.358 e. The lowest BCUT2D eigenvalue weighted by molar-refractivity contribution is 0.421. The molecule has 3 rings (SSSR count). The van der Waals surface area contributed by atoms with Gasteiger partial charge in [0.1, 0.15) is 5.82 Å². The maximum atomic E-state index is 13.4. The van der Waals surface area contributed by atoms with Crippen molar-refractivity contribution in [1.29, 1.82) is 0 Å². The largest absolute Gasteiger partial charge is 0.358 e. The molecular weight excluding hydrogens is 227 g/mol. The van der Waals surface area contributed by atoms with E-state index in [1.807, 2.05) is 6.07 Å². The SMILES string of the molecule is CC(C)NC1CCc2[nH]c3ccc(F)cc3c2C1. The second kappa shape index (κ2) is 4.39. The maximum Gasteiger partial charge on any atom is 0.123 e. The van der Waals surface area contributed by atoms with Crippen LogP contribution in [0.2, 0.25) is 0 Å². The Labute approximate surface area is 107 Å². The molecule has 1 unspecified atom stereocenters. The third-order valence-corrected chi connectivity index (χ3v) is 3.72. The number of benzene rings is 1. The molecule has 3 heteroatoms. The molecule has 1 aliphatic rings. The molecule has 1 aromatic carbocycles. The summed E-state index contributed by atoms with van der Waals surface area (Å²) in [6.45, 7) is 4.34. The van der Waals surface area contributed by atoms with Gasteiger partial charge in [0.15, 0.2) is 0 Å². The van der Waals surface area contributed by atoms with Gasteiger partial charge >= 0.3 is 0 Å². The van der Waals surface area contributed by atoms with Gasteiger partial charge in [-0.1, -0.05) is 13.8 Å². The van der Waals surface area contributed by atoms with Crippen molar-refractivity contribution in [1.82, 2.24) is 10.3 Å². The third-order valence-electron chi connectivity index (χ3n) is 3.72.